The van der Waals surface area contributed by atoms with E-state index in [9.17, 15) is 9.59 Å². The fraction of sp³-hybridized carbons (Fsp3) is 0.417. The highest BCUT2D eigenvalue weighted by molar-refractivity contribution is 6.30. The van der Waals surface area contributed by atoms with E-state index in [0.29, 0.717) is 18.0 Å². The lowest BCUT2D eigenvalue weighted by atomic mass is 10.1. The number of hydrogen-bond acceptors (Lipinski definition) is 2. The van der Waals surface area contributed by atoms with Gasteiger partial charge in [-0.05, 0) is 49.4 Å². The number of nitrogens with zero attached hydrogens (tertiary/aromatic N) is 1. The molecule has 0 spiro atoms. The monoisotopic (exact) mass is 412 g/mol. The third-order valence-electron chi connectivity index (χ3n) is 5.60. The molecule has 0 radical (unpaired) electrons. The zero-order valence-electron chi connectivity index (χ0n) is 16.9. The van der Waals surface area contributed by atoms with Crippen molar-refractivity contribution >= 4 is 23.4 Å². The smallest absolute Gasteiger partial charge is 0.242 e. The van der Waals surface area contributed by atoms with Gasteiger partial charge in [0.25, 0.3) is 0 Å². The summed E-state index contributed by atoms with van der Waals surface area (Å²) in [7, 11) is 0. The second-order valence-electron chi connectivity index (χ2n) is 7.80. The molecule has 29 heavy (non-hydrogen) atoms. The Labute approximate surface area is 178 Å². The summed E-state index contributed by atoms with van der Waals surface area (Å²) in [6, 6.07) is 17.1. The Kier molecular flexibility index (Phi) is 7.70. The molecule has 1 saturated carbocycles. The Balaban J connectivity index is 1.70. The predicted molar refractivity (Wildman–Crippen MR) is 117 cm³/mol. The van der Waals surface area contributed by atoms with Crippen LogP contribution in [-0.2, 0) is 22.4 Å². The minimum atomic E-state index is -0.508. The highest BCUT2D eigenvalue weighted by Gasteiger charge is 2.28. The van der Waals surface area contributed by atoms with E-state index < -0.39 is 6.04 Å². The summed E-state index contributed by atoms with van der Waals surface area (Å²) >= 11 is 6.07. The van der Waals surface area contributed by atoms with E-state index in [4.69, 9.17) is 11.6 Å². The van der Waals surface area contributed by atoms with E-state index in [1.54, 1.807) is 17.0 Å². The summed E-state index contributed by atoms with van der Waals surface area (Å²) < 4.78 is 0. The van der Waals surface area contributed by atoms with Gasteiger partial charge in [-0.3, -0.25) is 9.59 Å². The van der Waals surface area contributed by atoms with Crippen LogP contribution in [-0.4, -0.2) is 35.3 Å². The highest BCUT2D eigenvalue weighted by Crippen LogP contribution is 2.18. The molecular weight excluding hydrogens is 384 g/mol. The molecular formula is C24H29ClN2O2. The molecule has 0 aliphatic heterocycles. The summed E-state index contributed by atoms with van der Waals surface area (Å²) in [5, 5.41) is 3.74. The van der Waals surface area contributed by atoms with Gasteiger partial charge in [-0.25, -0.2) is 0 Å². The first-order chi connectivity index (χ1) is 14.0. The molecule has 2 amide bonds. The number of hydrogen-bond donors (Lipinski definition) is 1. The second-order valence-corrected chi connectivity index (χ2v) is 8.23. The largest absolute Gasteiger partial charge is 0.352 e. The van der Waals surface area contributed by atoms with Gasteiger partial charge >= 0.3 is 0 Å². The molecule has 4 nitrogen and oxygen atoms in total. The number of benzene rings is 2. The Morgan fingerprint density at radius 3 is 2.45 bits per heavy atom. The van der Waals surface area contributed by atoms with Crippen molar-refractivity contribution in [3.05, 3.63) is 70.7 Å². The van der Waals surface area contributed by atoms with Gasteiger partial charge in [0.1, 0.15) is 6.04 Å². The second kappa shape index (κ2) is 10.4. The number of carbonyl (C=O) groups is 2. The van der Waals surface area contributed by atoms with Crippen molar-refractivity contribution < 1.29 is 9.59 Å². The third kappa shape index (κ3) is 6.33. The molecule has 154 valence electrons. The molecule has 0 bridgehead atoms. The molecule has 0 saturated heterocycles. The van der Waals surface area contributed by atoms with Crippen LogP contribution >= 0.6 is 11.6 Å². The summed E-state index contributed by atoms with van der Waals surface area (Å²) in [6.07, 6.45) is 5.31. The number of rotatable bonds is 8. The summed E-state index contributed by atoms with van der Waals surface area (Å²) in [5.74, 6) is -0.123. The van der Waals surface area contributed by atoms with Crippen molar-refractivity contribution in [3.8, 4) is 0 Å². The van der Waals surface area contributed by atoms with Gasteiger partial charge in [0.05, 0.1) is 6.42 Å². The molecule has 3 rings (SSSR count). The van der Waals surface area contributed by atoms with Crippen molar-refractivity contribution in [2.45, 2.75) is 57.5 Å². The van der Waals surface area contributed by atoms with E-state index in [-0.39, 0.29) is 24.3 Å². The Bertz CT molecular complexity index is 819. The fourth-order valence-corrected chi connectivity index (χ4v) is 4.10. The van der Waals surface area contributed by atoms with Crippen LogP contribution in [0.4, 0.5) is 0 Å². The van der Waals surface area contributed by atoms with Crippen molar-refractivity contribution in [3.63, 3.8) is 0 Å². The Morgan fingerprint density at radius 2 is 1.76 bits per heavy atom. The first-order valence-corrected chi connectivity index (χ1v) is 10.8. The standard InChI is InChI=1S/C24H29ClN2O2/c1-18(24(29)26-22-12-5-6-13-22)27(15-14-19-8-3-2-4-9-19)23(28)17-20-10-7-11-21(25)16-20/h2-4,7-11,16,18,22H,5-6,12-15,17H2,1H3,(H,26,29)/t18-/m0/s1. The lowest BCUT2D eigenvalue weighted by molar-refractivity contribution is -0.139. The molecule has 1 aliphatic carbocycles. The molecule has 1 N–H and O–H groups in total. The molecule has 2 aromatic carbocycles. The highest BCUT2D eigenvalue weighted by atomic mass is 35.5. The van der Waals surface area contributed by atoms with Crippen molar-refractivity contribution in [1.29, 1.82) is 0 Å². The molecule has 1 atom stereocenters. The van der Waals surface area contributed by atoms with Crippen LogP contribution in [0.25, 0.3) is 0 Å². The zero-order chi connectivity index (χ0) is 20.6. The SMILES string of the molecule is C[C@@H](C(=O)NC1CCCC1)N(CCc1ccccc1)C(=O)Cc1cccc(Cl)c1. The number of amides is 2. The van der Waals surface area contributed by atoms with E-state index >= 15 is 0 Å². The average Bonchev–Trinajstić information content (AvgIpc) is 3.22. The van der Waals surface area contributed by atoms with Crippen LogP contribution in [0.5, 0.6) is 0 Å². The lowest BCUT2D eigenvalue weighted by Crippen LogP contribution is -2.51. The number of halogens is 1. The van der Waals surface area contributed by atoms with Crippen LogP contribution in [0, 0.1) is 0 Å². The molecule has 5 heteroatoms. The van der Waals surface area contributed by atoms with Gasteiger partial charge in [0, 0.05) is 17.6 Å². The van der Waals surface area contributed by atoms with Crippen molar-refractivity contribution in [2.24, 2.45) is 0 Å². The number of carbonyl (C=O) groups excluding carboxylic acids is 2. The van der Waals surface area contributed by atoms with Gasteiger partial charge in [-0.1, -0.05) is 66.9 Å². The quantitative estimate of drug-likeness (QED) is 0.698. The summed E-state index contributed by atoms with van der Waals surface area (Å²) in [4.78, 5) is 27.7. The van der Waals surface area contributed by atoms with Gasteiger partial charge in [-0.15, -0.1) is 0 Å². The minimum absolute atomic E-state index is 0.0581. The summed E-state index contributed by atoms with van der Waals surface area (Å²) in [5.41, 5.74) is 2.01. The van der Waals surface area contributed by atoms with Crippen LogP contribution < -0.4 is 5.32 Å². The topological polar surface area (TPSA) is 49.4 Å². The van der Waals surface area contributed by atoms with Crippen LogP contribution in [0.15, 0.2) is 54.6 Å². The molecule has 1 fully saturated rings. The van der Waals surface area contributed by atoms with Gasteiger partial charge in [-0.2, -0.15) is 0 Å². The maximum Gasteiger partial charge on any atom is 0.242 e. The zero-order valence-corrected chi connectivity index (χ0v) is 17.7. The normalized spacial score (nSPS) is 15.1. The first-order valence-electron chi connectivity index (χ1n) is 10.4. The van der Waals surface area contributed by atoms with Gasteiger partial charge in [0.15, 0.2) is 0 Å². The molecule has 0 heterocycles. The molecule has 0 aromatic heterocycles. The lowest BCUT2D eigenvalue weighted by Gasteiger charge is -2.30. The van der Waals surface area contributed by atoms with E-state index in [1.165, 1.54) is 0 Å². The number of nitrogens with one attached hydrogen (secondary N) is 1. The Morgan fingerprint density at radius 1 is 1.07 bits per heavy atom. The van der Waals surface area contributed by atoms with Crippen LogP contribution in [0.1, 0.15) is 43.7 Å². The fourth-order valence-electron chi connectivity index (χ4n) is 3.89. The Hall–Kier alpha value is -2.33. The molecule has 0 unspecified atom stereocenters. The maximum absolute atomic E-state index is 13.1. The van der Waals surface area contributed by atoms with E-state index in [1.807, 2.05) is 49.4 Å². The predicted octanol–water partition coefficient (Wildman–Crippen LogP) is 4.40. The molecule has 2 aromatic rings. The van der Waals surface area contributed by atoms with Gasteiger partial charge < -0.3 is 10.2 Å². The third-order valence-corrected chi connectivity index (χ3v) is 5.83. The van der Waals surface area contributed by atoms with Crippen molar-refractivity contribution in [1.82, 2.24) is 10.2 Å². The first kappa shape index (κ1) is 21.4. The molecule has 1 aliphatic rings. The summed E-state index contributed by atoms with van der Waals surface area (Å²) in [6.45, 7) is 2.33. The van der Waals surface area contributed by atoms with Crippen LogP contribution in [0.3, 0.4) is 0 Å². The van der Waals surface area contributed by atoms with Crippen molar-refractivity contribution in [2.75, 3.05) is 6.54 Å². The van der Waals surface area contributed by atoms with Crippen LogP contribution in [0.2, 0.25) is 5.02 Å². The van der Waals surface area contributed by atoms with E-state index in [2.05, 4.69) is 5.32 Å². The average molecular weight is 413 g/mol. The maximum atomic E-state index is 13.1. The minimum Gasteiger partial charge on any atom is -0.352 e. The van der Waals surface area contributed by atoms with E-state index in [0.717, 1.165) is 36.8 Å². The van der Waals surface area contributed by atoms with Gasteiger partial charge in [0.2, 0.25) is 11.8 Å².